The fraction of sp³-hybridized carbons (Fsp3) is 0.350. The highest BCUT2D eigenvalue weighted by atomic mass is 79.9. The van der Waals surface area contributed by atoms with E-state index in [9.17, 15) is 4.79 Å². The Hall–Kier alpha value is -2.21. The molecular weight excluding hydrogens is 398 g/mol. The molecule has 1 atom stereocenters. The van der Waals surface area contributed by atoms with Crippen LogP contribution in [0.25, 0.3) is 0 Å². The van der Waals surface area contributed by atoms with Crippen molar-refractivity contribution in [2.75, 3.05) is 14.2 Å². The first-order valence-electron chi connectivity index (χ1n) is 8.34. The first-order valence-corrected chi connectivity index (χ1v) is 9.14. The summed E-state index contributed by atoms with van der Waals surface area (Å²) in [5, 5.41) is 2.99. The fourth-order valence-corrected chi connectivity index (χ4v) is 3.02. The molecule has 2 aromatic carbocycles. The average molecular weight is 422 g/mol. The number of rotatable bonds is 7. The van der Waals surface area contributed by atoms with Crippen LogP contribution in [0.4, 0.5) is 0 Å². The molecule has 0 bridgehead atoms. The van der Waals surface area contributed by atoms with Crippen LogP contribution in [-0.4, -0.2) is 26.2 Å². The molecule has 1 amide bonds. The fourth-order valence-electron chi connectivity index (χ4n) is 2.47. The van der Waals surface area contributed by atoms with Gasteiger partial charge >= 0.3 is 0 Å². The summed E-state index contributed by atoms with van der Waals surface area (Å²) in [6, 6.07) is 10.9. The van der Waals surface area contributed by atoms with E-state index in [1.54, 1.807) is 26.4 Å². The minimum Gasteiger partial charge on any atom is -0.495 e. The number of carbonyl (C=O) groups excluding carboxylic acids is 1. The zero-order valence-corrected chi connectivity index (χ0v) is 17.2. The highest BCUT2D eigenvalue weighted by molar-refractivity contribution is 9.10. The molecule has 1 unspecified atom stereocenters. The molecular formula is C20H24BrNO4. The molecule has 0 aliphatic rings. The van der Waals surface area contributed by atoms with Crippen molar-refractivity contribution in [3.8, 4) is 17.2 Å². The Morgan fingerprint density at radius 1 is 1.00 bits per heavy atom. The van der Waals surface area contributed by atoms with Gasteiger partial charge in [0.25, 0.3) is 5.91 Å². The monoisotopic (exact) mass is 421 g/mol. The Morgan fingerprint density at radius 2 is 1.54 bits per heavy atom. The van der Waals surface area contributed by atoms with Gasteiger partial charge < -0.3 is 19.5 Å². The summed E-state index contributed by atoms with van der Waals surface area (Å²) in [5.41, 5.74) is 1.46. The van der Waals surface area contributed by atoms with Crippen LogP contribution in [0.1, 0.15) is 42.7 Å². The third-order valence-corrected chi connectivity index (χ3v) is 4.59. The summed E-state index contributed by atoms with van der Waals surface area (Å²) in [4.78, 5) is 12.6. The van der Waals surface area contributed by atoms with Crippen LogP contribution in [-0.2, 0) is 0 Å². The minimum atomic E-state index is -0.205. The van der Waals surface area contributed by atoms with Gasteiger partial charge in [-0.25, -0.2) is 0 Å². The largest absolute Gasteiger partial charge is 0.495 e. The van der Waals surface area contributed by atoms with Crippen molar-refractivity contribution in [3.63, 3.8) is 0 Å². The van der Waals surface area contributed by atoms with Gasteiger partial charge in [-0.3, -0.25) is 4.79 Å². The van der Waals surface area contributed by atoms with Crippen LogP contribution in [0.2, 0.25) is 0 Å². The molecule has 5 nitrogen and oxygen atoms in total. The summed E-state index contributed by atoms with van der Waals surface area (Å²) in [6.07, 6.45) is 0.125. The van der Waals surface area contributed by atoms with Crippen LogP contribution in [0.3, 0.4) is 0 Å². The molecule has 140 valence electrons. The van der Waals surface area contributed by atoms with Crippen molar-refractivity contribution >= 4 is 21.8 Å². The van der Waals surface area contributed by atoms with Gasteiger partial charge in [0, 0.05) is 5.56 Å². The molecule has 0 aliphatic heterocycles. The Bertz CT molecular complexity index is 734. The van der Waals surface area contributed by atoms with E-state index in [0.29, 0.717) is 21.5 Å². The predicted molar refractivity (Wildman–Crippen MR) is 105 cm³/mol. The van der Waals surface area contributed by atoms with Gasteiger partial charge in [-0.15, -0.1) is 0 Å². The number of carbonyl (C=O) groups is 1. The second kappa shape index (κ2) is 8.94. The lowest BCUT2D eigenvalue weighted by molar-refractivity contribution is 0.0939. The van der Waals surface area contributed by atoms with Crippen LogP contribution >= 0.6 is 15.9 Å². The predicted octanol–water partition coefficient (Wildman–Crippen LogP) is 4.74. The average Bonchev–Trinajstić information content (AvgIpc) is 2.61. The normalized spacial score (nSPS) is 11.8. The topological polar surface area (TPSA) is 56.8 Å². The third-order valence-electron chi connectivity index (χ3n) is 3.81. The lowest BCUT2D eigenvalue weighted by atomic mass is 10.1. The third kappa shape index (κ3) is 4.91. The van der Waals surface area contributed by atoms with Crippen molar-refractivity contribution in [1.29, 1.82) is 0 Å². The second-order valence-corrected chi connectivity index (χ2v) is 6.92. The lowest BCUT2D eigenvalue weighted by Crippen LogP contribution is -2.26. The maximum atomic E-state index is 12.6. The lowest BCUT2D eigenvalue weighted by Gasteiger charge is -2.17. The highest BCUT2D eigenvalue weighted by Crippen LogP contribution is 2.35. The Labute approximate surface area is 162 Å². The molecule has 0 radical (unpaired) electrons. The standard InChI is InChI=1S/C20H24BrNO4/c1-12(2)26-16-8-6-14(7-9-16)13(3)22-20(23)15-10-17(24-4)19(21)18(11-15)25-5/h6-13H,1-5H3,(H,22,23). The number of ether oxygens (including phenoxy) is 3. The van der Waals surface area contributed by atoms with E-state index in [-0.39, 0.29) is 18.1 Å². The molecule has 0 heterocycles. The van der Waals surface area contributed by atoms with Crippen molar-refractivity contribution in [3.05, 3.63) is 52.0 Å². The van der Waals surface area contributed by atoms with Crippen molar-refractivity contribution < 1.29 is 19.0 Å². The van der Waals surface area contributed by atoms with Gasteiger partial charge in [-0.1, -0.05) is 12.1 Å². The summed E-state index contributed by atoms with van der Waals surface area (Å²) in [5.74, 6) is 1.68. The van der Waals surface area contributed by atoms with Gasteiger partial charge in [-0.05, 0) is 66.5 Å². The minimum absolute atomic E-state index is 0.125. The molecule has 26 heavy (non-hydrogen) atoms. The van der Waals surface area contributed by atoms with Crippen LogP contribution in [0.5, 0.6) is 17.2 Å². The number of halogens is 1. The molecule has 1 N–H and O–H groups in total. The molecule has 0 saturated heterocycles. The van der Waals surface area contributed by atoms with E-state index >= 15 is 0 Å². The maximum Gasteiger partial charge on any atom is 0.252 e. The second-order valence-electron chi connectivity index (χ2n) is 6.13. The molecule has 6 heteroatoms. The molecule has 0 spiro atoms. The Morgan fingerprint density at radius 3 is 2.00 bits per heavy atom. The number of hydrogen-bond donors (Lipinski definition) is 1. The number of hydrogen-bond acceptors (Lipinski definition) is 4. The molecule has 0 aliphatic carbocycles. The summed E-state index contributed by atoms with van der Waals surface area (Å²) < 4.78 is 16.9. The van der Waals surface area contributed by atoms with E-state index in [1.165, 1.54) is 0 Å². The summed E-state index contributed by atoms with van der Waals surface area (Å²) in [6.45, 7) is 5.90. The molecule has 2 rings (SSSR count). The zero-order chi connectivity index (χ0) is 19.3. The smallest absolute Gasteiger partial charge is 0.252 e. The number of methoxy groups -OCH3 is 2. The van der Waals surface area contributed by atoms with E-state index in [2.05, 4.69) is 21.2 Å². The first-order chi connectivity index (χ1) is 12.3. The zero-order valence-electron chi connectivity index (χ0n) is 15.6. The van der Waals surface area contributed by atoms with Gasteiger partial charge in [0.2, 0.25) is 0 Å². The van der Waals surface area contributed by atoms with E-state index in [4.69, 9.17) is 14.2 Å². The van der Waals surface area contributed by atoms with Gasteiger partial charge in [0.15, 0.2) is 0 Å². The first kappa shape index (κ1) is 20.1. The van der Waals surface area contributed by atoms with Crippen molar-refractivity contribution in [2.45, 2.75) is 32.9 Å². The molecule has 0 fully saturated rings. The van der Waals surface area contributed by atoms with E-state index in [1.807, 2.05) is 45.0 Å². The molecule has 2 aromatic rings. The quantitative estimate of drug-likeness (QED) is 0.700. The highest BCUT2D eigenvalue weighted by Gasteiger charge is 2.17. The Balaban J connectivity index is 2.14. The van der Waals surface area contributed by atoms with E-state index < -0.39 is 0 Å². The van der Waals surface area contributed by atoms with Crippen LogP contribution < -0.4 is 19.5 Å². The Kier molecular flexibility index (Phi) is 6.91. The van der Waals surface area contributed by atoms with Gasteiger partial charge in [0.05, 0.1) is 26.4 Å². The number of benzene rings is 2. The SMILES string of the molecule is COc1cc(C(=O)NC(C)c2ccc(OC(C)C)cc2)cc(OC)c1Br. The summed E-state index contributed by atoms with van der Waals surface area (Å²) in [7, 11) is 3.09. The van der Waals surface area contributed by atoms with Crippen LogP contribution in [0.15, 0.2) is 40.9 Å². The number of nitrogens with one attached hydrogen (secondary N) is 1. The van der Waals surface area contributed by atoms with Gasteiger partial charge in [-0.2, -0.15) is 0 Å². The number of amides is 1. The van der Waals surface area contributed by atoms with E-state index in [0.717, 1.165) is 11.3 Å². The van der Waals surface area contributed by atoms with Crippen molar-refractivity contribution in [1.82, 2.24) is 5.32 Å². The van der Waals surface area contributed by atoms with Crippen molar-refractivity contribution in [2.24, 2.45) is 0 Å². The molecule has 0 saturated carbocycles. The van der Waals surface area contributed by atoms with Gasteiger partial charge in [0.1, 0.15) is 21.7 Å². The van der Waals surface area contributed by atoms with Crippen LogP contribution in [0, 0.1) is 0 Å². The molecule has 0 aromatic heterocycles. The maximum absolute atomic E-state index is 12.6. The summed E-state index contributed by atoms with van der Waals surface area (Å²) >= 11 is 3.40.